The van der Waals surface area contributed by atoms with Crippen LogP contribution < -0.4 is 14.8 Å². The molecule has 3 aromatic carbocycles. The number of likely N-dealkylation sites (tertiary alicyclic amines) is 1. The number of hydrogen-bond donors (Lipinski definition) is 2. The lowest BCUT2D eigenvalue weighted by atomic mass is 10.1. The van der Waals surface area contributed by atoms with Crippen molar-refractivity contribution in [1.29, 1.82) is 0 Å². The Balaban J connectivity index is 1.22. The monoisotopic (exact) mass is 464 g/mol. The van der Waals surface area contributed by atoms with Crippen molar-refractivity contribution < 1.29 is 28.6 Å². The largest absolute Gasteiger partial charge is 0.490 e. The van der Waals surface area contributed by atoms with Gasteiger partial charge in [0.15, 0.2) is 0 Å². The van der Waals surface area contributed by atoms with Crippen LogP contribution in [-0.4, -0.2) is 41.2 Å². The molecule has 8 heteroatoms. The molecule has 0 bridgehead atoms. The van der Waals surface area contributed by atoms with Crippen molar-refractivity contribution in [3.63, 3.8) is 0 Å². The molecule has 1 aliphatic rings. The van der Waals surface area contributed by atoms with Crippen LogP contribution in [0.15, 0.2) is 72.8 Å². The number of piperidine rings is 1. The lowest BCUT2D eigenvalue weighted by Crippen LogP contribution is -2.43. The van der Waals surface area contributed by atoms with E-state index < -0.39 is 5.97 Å². The number of carbonyl (C=O) groups excluding carboxylic acids is 1. The number of aromatic carboxylic acids is 1. The smallest absolute Gasteiger partial charge is 0.335 e. The Morgan fingerprint density at radius 2 is 1.68 bits per heavy atom. The maximum Gasteiger partial charge on any atom is 0.335 e. The van der Waals surface area contributed by atoms with Gasteiger partial charge in [0.1, 0.15) is 30.0 Å². The number of nitrogens with one attached hydrogen (secondary N) is 1. The fraction of sp³-hybridized carbons (Fsp3) is 0.231. The number of nitrogens with zero attached hydrogens (tertiary/aromatic N) is 1. The van der Waals surface area contributed by atoms with Crippen LogP contribution in [0, 0.1) is 5.82 Å². The highest BCUT2D eigenvalue weighted by atomic mass is 19.1. The quantitative estimate of drug-likeness (QED) is 0.503. The summed E-state index contributed by atoms with van der Waals surface area (Å²) in [6.45, 7) is 1.34. The average molecular weight is 464 g/mol. The van der Waals surface area contributed by atoms with Gasteiger partial charge in [0.05, 0.1) is 5.56 Å². The minimum Gasteiger partial charge on any atom is -0.490 e. The fourth-order valence-electron chi connectivity index (χ4n) is 3.71. The molecule has 1 aliphatic heterocycles. The first kappa shape index (κ1) is 23.1. The van der Waals surface area contributed by atoms with E-state index in [1.54, 1.807) is 29.2 Å². The van der Waals surface area contributed by atoms with Crippen LogP contribution in [0.5, 0.6) is 11.5 Å². The number of urea groups is 1. The number of ether oxygens (including phenoxy) is 2. The number of amides is 2. The van der Waals surface area contributed by atoms with Crippen LogP contribution >= 0.6 is 0 Å². The van der Waals surface area contributed by atoms with Gasteiger partial charge in [0.25, 0.3) is 0 Å². The molecule has 4 rings (SSSR count). The minimum atomic E-state index is -1.04. The summed E-state index contributed by atoms with van der Waals surface area (Å²) < 4.78 is 25.0. The van der Waals surface area contributed by atoms with Crippen molar-refractivity contribution in [3.8, 4) is 11.5 Å². The fourth-order valence-corrected chi connectivity index (χ4v) is 3.71. The van der Waals surface area contributed by atoms with Crippen molar-refractivity contribution in [3.05, 3.63) is 89.7 Å². The summed E-state index contributed by atoms with van der Waals surface area (Å²) in [5, 5.41) is 11.8. The number of carboxylic acid groups (broad SMARTS) is 1. The summed E-state index contributed by atoms with van der Waals surface area (Å²) >= 11 is 0. The van der Waals surface area contributed by atoms with Crippen molar-refractivity contribution >= 4 is 17.7 Å². The topological polar surface area (TPSA) is 88.1 Å². The second-order valence-corrected chi connectivity index (χ2v) is 8.01. The molecule has 1 fully saturated rings. The molecule has 0 unspecified atom stereocenters. The Morgan fingerprint density at radius 1 is 0.971 bits per heavy atom. The van der Waals surface area contributed by atoms with E-state index in [0.717, 1.165) is 5.56 Å². The molecule has 1 heterocycles. The van der Waals surface area contributed by atoms with E-state index in [2.05, 4.69) is 5.32 Å². The van der Waals surface area contributed by atoms with E-state index >= 15 is 0 Å². The molecule has 0 spiro atoms. The molecule has 2 amide bonds. The predicted octanol–water partition coefficient (Wildman–Crippen LogP) is 5.18. The number of halogens is 1. The lowest BCUT2D eigenvalue weighted by molar-refractivity contribution is 0.0696. The second kappa shape index (κ2) is 10.7. The zero-order chi connectivity index (χ0) is 23.9. The summed E-state index contributed by atoms with van der Waals surface area (Å²) in [4.78, 5) is 25.3. The average Bonchev–Trinajstić information content (AvgIpc) is 2.84. The molecular formula is C26H25FN2O5. The summed E-state index contributed by atoms with van der Waals surface area (Å²) in [7, 11) is 0. The van der Waals surface area contributed by atoms with Gasteiger partial charge < -0.3 is 24.8 Å². The van der Waals surface area contributed by atoms with Gasteiger partial charge >= 0.3 is 12.0 Å². The Morgan fingerprint density at radius 3 is 2.38 bits per heavy atom. The van der Waals surface area contributed by atoms with E-state index in [9.17, 15) is 14.0 Å². The standard InChI is InChI=1S/C26H25FN2O5/c27-20-5-1-3-18(15-20)17-33-22-7-9-23(10-8-22)34-24-11-13-29(14-12-24)26(32)28-21-6-2-4-19(16-21)25(30)31/h1-10,15-16,24H,11-14,17H2,(H,28,32)(H,30,31). The first-order chi connectivity index (χ1) is 16.5. The second-order valence-electron chi connectivity index (χ2n) is 8.01. The Hall–Kier alpha value is -4.07. The van der Waals surface area contributed by atoms with E-state index in [4.69, 9.17) is 14.6 Å². The number of carbonyl (C=O) groups is 2. The van der Waals surface area contributed by atoms with Crippen molar-refractivity contribution in [2.24, 2.45) is 0 Å². The molecular weight excluding hydrogens is 439 g/mol. The molecule has 0 aliphatic carbocycles. The maximum absolute atomic E-state index is 13.3. The predicted molar refractivity (Wildman–Crippen MR) is 125 cm³/mol. The van der Waals surface area contributed by atoms with Gasteiger partial charge in [0, 0.05) is 31.6 Å². The highest BCUT2D eigenvalue weighted by molar-refractivity contribution is 5.93. The summed E-state index contributed by atoms with van der Waals surface area (Å²) in [5.74, 6) is 0.0440. The molecule has 2 N–H and O–H groups in total. The summed E-state index contributed by atoms with van der Waals surface area (Å²) in [6, 6.07) is 19.5. The molecule has 34 heavy (non-hydrogen) atoms. The molecule has 3 aromatic rings. The molecule has 0 aromatic heterocycles. The zero-order valence-corrected chi connectivity index (χ0v) is 18.4. The SMILES string of the molecule is O=C(O)c1cccc(NC(=O)N2CCC(Oc3ccc(OCc4cccc(F)c4)cc3)CC2)c1. The van der Waals surface area contributed by atoms with Gasteiger partial charge in [-0.1, -0.05) is 18.2 Å². The van der Waals surface area contributed by atoms with Crippen LogP contribution in [0.25, 0.3) is 0 Å². The van der Waals surface area contributed by atoms with Gasteiger partial charge in [-0.25, -0.2) is 14.0 Å². The molecule has 0 radical (unpaired) electrons. The normalized spacial score (nSPS) is 13.9. The van der Waals surface area contributed by atoms with Gasteiger partial charge in [-0.05, 0) is 60.2 Å². The van der Waals surface area contributed by atoms with Crippen LogP contribution in [0.1, 0.15) is 28.8 Å². The molecule has 0 saturated carbocycles. The Kier molecular flexibility index (Phi) is 7.27. The molecule has 1 saturated heterocycles. The van der Waals surface area contributed by atoms with Crippen molar-refractivity contribution in [1.82, 2.24) is 4.90 Å². The van der Waals surface area contributed by atoms with Gasteiger partial charge in [-0.2, -0.15) is 0 Å². The van der Waals surface area contributed by atoms with Crippen LogP contribution in [0.2, 0.25) is 0 Å². The first-order valence-corrected chi connectivity index (χ1v) is 11.0. The highest BCUT2D eigenvalue weighted by Gasteiger charge is 2.24. The van der Waals surface area contributed by atoms with Crippen molar-refractivity contribution in [2.75, 3.05) is 18.4 Å². The molecule has 176 valence electrons. The van der Waals surface area contributed by atoms with Crippen LogP contribution in [-0.2, 0) is 6.61 Å². The third-order valence-corrected chi connectivity index (χ3v) is 5.51. The third kappa shape index (κ3) is 6.25. The number of rotatable bonds is 7. The van der Waals surface area contributed by atoms with E-state index in [1.165, 1.54) is 24.3 Å². The highest BCUT2D eigenvalue weighted by Crippen LogP contribution is 2.23. The van der Waals surface area contributed by atoms with Crippen LogP contribution in [0.3, 0.4) is 0 Å². The van der Waals surface area contributed by atoms with Gasteiger partial charge in [-0.15, -0.1) is 0 Å². The summed E-state index contributed by atoms with van der Waals surface area (Å²) in [6.07, 6.45) is 1.35. The lowest BCUT2D eigenvalue weighted by Gasteiger charge is -2.32. The van der Waals surface area contributed by atoms with E-state index in [-0.39, 0.29) is 30.1 Å². The van der Waals surface area contributed by atoms with Crippen LogP contribution in [0.4, 0.5) is 14.9 Å². The zero-order valence-electron chi connectivity index (χ0n) is 18.4. The number of benzene rings is 3. The Bertz CT molecular complexity index is 1140. The minimum absolute atomic E-state index is 0.0153. The maximum atomic E-state index is 13.3. The van der Waals surface area contributed by atoms with Gasteiger partial charge in [-0.3, -0.25) is 0 Å². The van der Waals surface area contributed by atoms with E-state index in [0.29, 0.717) is 43.1 Å². The number of carboxylic acids is 1. The number of anilines is 1. The first-order valence-electron chi connectivity index (χ1n) is 11.0. The number of hydrogen-bond acceptors (Lipinski definition) is 4. The molecule has 7 nitrogen and oxygen atoms in total. The van der Waals surface area contributed by atoms with E-state index in [1.807, 2.05) is 24.3 Å². The molecule has 0 atom stereocenters. The Labute approximate surface area is 196 Å². The summed E-state index contributed by atoms with van der Waals surface area (Å²) in [5.41, 5.74) is 1.32. The third-order valence-electron chi connectivity index (χ3n) is 5.51. The van der Waals surface area contributed by atoms with Gasteiger partial charge in [0.2, 0.25) is 0 Å². The van der Waals surface area contributed by atoms with Crippen molar-refractivity contribution in [2.45, 2.75) is 25.6 Å².